The molecule has 156 valence electrons. The van der Waals surface area contributed by atoms with E-state index < -0.39 is 28.4 Å². The van der Waals surface area contributed by atoms with Gasteiger partial charge in [-0.15, -0.1) is 0 Å². The zero-order valence-electron chi connectivity index (χ0n) is 16.2. The molecule has 0 bridgehead atoms. The standard InChI is InChI=1S/C21H18F3N3O2S/c1-12-5-3-8-18(13(12)2)27-19(16-10-30(29)11-17(16)26-27)25-20(28)14-6-4-7-15(9-14)21(22,23)24/h3-9H,10-11H2,1-2H3,(H,25,28)/t30-/m0/s1. The summed E-state index contributed by atoms with van der Waals surface area (Å²) in [4.78, 5) is 12.8. The molecule has 0 aliphatic carbocycles. The fourth-order valence-electron chi connectivity index (χ4n) is 3.41. The molecule has 1 aliphatic heterocycles. The summed E-state index contributed by atoms with van der Waals surface area (Å²) in [5.41, 5.74) is 2.98. The molecule has 0 fully saturated rings. The average Bonchev–Trinajstić information content (AvgIpc) is 3.20. The van der Waals surface area contributed by atoms with Crippen LogP contribution in [0.4, 0.5) is 19.0 Å². The molecular weight excluding hydrogens is 415 g/mol. The number of carbonyl (C=O) groups is 1. The van der Waals surface area contributed by atoms with Gasteiger partial charge in [0.2, 0.25) is 0 Å². The lowest BCUT2D eigenvalue weighted by atomic mass is 10.1. The van der Waals surface area contributed by atoms with E-state index in [2.05, 4.69) is 10.4 Å². The van der Waals surface area contributed by atoms with Crippen molar-refractivity contribution in [2.75, 3.05) is 5.32 Å². The quantitative estimate of drug-likeness (QED) is 0.661. The summed E-state index contributed by atoms with van der Waals surface area (Å²) in [6.45, 7) is 3.87. The lowest BCUT2D eigenvalue weighted by molar-refractivity contribution is -0.137. The van der Waals surface area contributed by atoms with Crippen molar-refractivity contribution in [1.29, 1.82) is 0 Å². The molecule has 0 spiro atoms. The monoisotopic (exact) mass is 433 g/mol. The van der Waals surface area contributed by atoms with Crippen LogP contribution >= 0.6 is 0 Å². The molecule has 9 heteroatoms. The van der Waals surface area contributed by atoms with E-state index in [-0.39, 0.29) is 17.1 Å². The minimum Gasteiger partial charge on any atom is -0.306 e. The van der Waals surface area contributed by atoms with Crippen LogP contribution in [0.5, 0.6) is 0 Å². The van der Waals surface area contributed by atoms with Gasteiger partial charge in [-0.2, -0.15) is 18.3 Å². The maximum atomic E-state index is 13.0. The highest BCUT2D eigenvalue weighted by atomic mass is 32.2. The molecule has 1 N–H and O–H groups in total. The Bertz CT molecular complexity index is 1180. The van der Waals surface area contributed by atoms with Gasteiger partial charge in [0.1, 0.15) is 5.82 Å². The smallest absolute Gasteiger partial charge is 0.306 e. The van der Waals surface area contributed by atoms with Gasteiger partial charge < -0.3 is 5.32 Å². The Kier molecular flexibility index (Phi) is 5.01. The van der Waals surface area contributed by atoms with E-state index in [0.717, 1.165) is 28.9 Å². The molecule has 0 saturated heterocycles. The van der Waals surface area contributed by atoms with E-state index >= 15 is 0 Å². The van der Waals surface area contributed by atoms with Gasteiger partial charge in [-0.3, -0.25) is 9.00 Å². The zero-order valence-corrected chi connectivity index (χ0v) is 17.0. The van der Waals surface area contributed by atoms with Crippen LogP contribution in [0.1, 0.15) is 38.3 Å². The van der Waals surface area contributed by atoms with E-state index in [1.807, 2.05) is 32.0 Å². The number of benzene rings is 2. The molecule has 0 radical (unpaired) electrons. The summed E-state index contributed by atoms with van der Waals surface area (Å²) >= 11 is 0. The second-order valence-electron chi connectivity index (χ2n) is 7.17. The van der Waals surface area contributed by atoms with Crippen molar-refractivity contribution in [3.8, 4) is 5.69 Å². The van der Waals surface area contributed by atoms with E-state index in [0.29, 0.717) is 17.1 Å². The van der Waals surface area contributed by atoms with Crippen molar-refractivity contribution in [2.45, 2.75) is 31.5 Å². The number of fused-ring (bicyclic) bond motifs is 1. The van der Waals surface area contributed by atoms with Gasteiger partial charge >= 0.3 is 6.18 Å². The van der Waals surface area contributed by atoms with Gasteiger partial charge in [-0.1, -0.05) is 18.2 Å². The highest BCUT2D eigenvalue weighted by molar-refractivity contribution is 7.83. The lowest BCUT2D eigenvalue weighted by Crippen LogP contribution is -2.18. The van der Waals surface area contributed by atoms with Crippen LogP contribution in [-0.2, 0) is 28.5 Å². The largest absolute Gasteiger partial charge is 0.416 e. The predicted molar refractivity (Wildman–Crippen MR) is 108 cm³/mol. The summed E-state index contributed by atoms with van der Waals surface area (Å²) in [5, 5.41) is 7.26. The number of rotatable bonds is 3. The minimum atomic E-state index is -4.55. The predicted octanol–water partition coefficient (Wildman–Crippen LogP) is 4.52. The molecule has 3 aromatic rings. The first-order valence-electron chi connectivity index (χ1n) is 9.16. The molecule has 30 heavy (non-hydrogen) atoms. The maximum absolute atomic E-state index is 13.0. The molecule has 0 saturated carbocycles. The molecule has 5 nitrogen and oxygen atoms in total. The number of hydrogen-bond acceptors (Lipinski definition) is 3. The lowest BCUT2D eigenvalue weighted by Gasteiger charge is -2.14. The van der Waals surface area contributed by atoms with Crippen LogP contribution in [0.15, 0.2) is 42.5 Å². The third-order valence-electron chi connectivity index (χ3n) is 5.16. The van der Waals surface area contributed by atoms with Gasteiger partial charge in [0.15, 0.2) is 0 Å². The van der Waals surface area contributed by atoms with Crippen molar-refractivity contribution in [3.63, 3.8) is 0 Å². The summed E-state index contributed by atoms with van der Waals surface area (Å²) < 4.78 is 52.7. The van der Waals surface area contributed by atoms with Crippen molar-refractivity contribution in [2.24, 2.45) is 0 Å². The minimum absolute atomic E-state index is 0.119. The molecule has 0 unspecified atom stereocenters. The van der Waals surface area contributed by atoms with Crippen LogP contribution in [-0.4, -0.2) is 19.9 Å². The number of nitrogens with zero attached hydrogens (tertiary/aromatic N) is 2. The summed E-state index contributed by atoms with van der Waals surface area (Å²) in [7, 11) is -1.12. The Morgan fingerprint density at radius 3 is 2.60 bits per heavy atom. The molecule has 1 amide bonds. The third-order valence-corrected chi connectivity index (χ3v) is 6.36. The fourth-order valence-corrected chi connectivity index (χ4v) is 4.68. The molecule has 4 rings (SSSR count). The Hall–Kier alpha value is -2.94. The molecular formula is C21H18F3N3O2S. The number of hydrogen-bond donors (Lipinski definition) is 1. The molecule has 2 aromatic carbocycles. The molecule has 2 heterocycles. The first-order chi connectivity index (χ1) is 14.1. The van der Waals surface area contributed by atoms with Crippen molar-refractivity contribution in [3.05, 3.63) is 76.0 Å². The second-order valence-corrected chi connectivity index (χ2v) is 8.62. The first kappa shape index (κ1) is 20.3. The van der Waals surface area contributed by atoms with E-state index in [1.54, 1.807) is 4.68 Å². The van der Waals surface area contributed by atoms with Gasteiger partial charge in [0, 0.05) is 21.9 Å². The highest BCUT2D eigenvalue weighted by Crippen LogP contribution is 2.33. The Labute approximate surface area is 173 Å². The van der Waals surface area contributed by atoms with E-state index in [4.69, 9.17) is 0 Å². The number of aryl methyl sites for hydroxylation is 1. The number of carbonyl (C=O) groups excluding carboxylic acids is 1. The van der Waals surface area contributed by atoms with Crippen molar-refractivity contribution >= 4 is 22.5 Å². The maximum Gasteiger partial charge on any atom is 0.416 e. The zero-order chi connectivity index (χ0) is 21.6. The van der Waals surface area contributed by atoms with Crippen LogP contribution < -0.4 is 5.32 Å². The Morgan fingerprint density at radius 1 is 1.13 bits per heavy atom. The molecule has 1 aromatic heterocycles. The van der Waals surface area contributed by atoms with Gasteiger partial charge in [0.05, 0.1) is 28.5 Å². The number of anilines is 1. The summed E-state index contributed by atoms with van der Waals surface area (Å²) in [6.07, 6.45) is -4.55. The molecule has 1 atom stereocenters. The number of alkyl halides is 3. The van der Waals surface area contributed by atoms with Crippen LogP contribution in [0, 0.1) is 13.8 Å². The van der Waals surface area contributed by atoms with E-state index in [1.165, 1.54) is 12.1 Å². The number of nitrogens with one attached hydrogen (secondary N) is 1. The Balaban J connectivity index is 1.77. The van der Waals surface area contributed by atoms with Gasteiger partial charge in [0.25, 0.3) is 5.91 Å². The van der Waals surface area contributed by atoms with Crippen molar-refractivity contribution in [1.82, 2.24) is 9.78 Å². The molecule has 1 aliphatic rings. The number of amides is 1. The SMILES string of the molecule is Cc1cccc(-n2nc3c(c2NC(=O)c2cccc(C(F)(F)F)c2)C[S@](=O)C3)c1C. The Morgan fingerprint density at radius 2 is 1.87 bits per heavy atom. The van der Waals surface area contributed by atoms with Crippen LogP contribution in [0.2, 0.25) is 0 Å². The highest BCUT2D eigenvalue weighted by Gasteiger charge is 2.32. The number of aromatic nitrogens is 2. The third kappa shape index (κ3) is 3.65. The summed E-state index contributed by atoms with van der Waals surface area (Å²) in [6, 6.07) is 9.90. The first-order valence-corrected chi connectivity index (χ1v) is 10.6. The average molecular weight is 433 g/mol. The fraction of sp³-hybridized carbons (Fsp3) is 0.238. The van der Waals surface area contributed by atoms with E-state index in [9.17, 15) is 22.2 Å². The van der Waals surface area contributed by atoms with Crippen LogP contribution in [0.3, 0.4) is 0 Å². The van der Waals surface area contributed by atoms with Gasteiger partial charge in [-0.05, 0) is 49.2 Å². The topological polar surface area (TPSA) is 64.0 Å². The van der Waals surface area contributed by atoms with Crippen LogP contribution in [0.25, 0.3) is 5.69 Å². The van der Waals surface area contributed by atoms with Crippen molar-refractivity contribution < 1.29 is 22.2 Å². The normalized spacial score (nSPS) is 15.8. The van der Waals surface area contributed by atoms with Gasteiger partial charge in [-0.25, -0.2) is 4.68 Å². The second kappa shape index (κ2) is 7.39. The number of halogens is 3. The summed E-state index contributed by atoms with van der Waals surface area (Å²) in [5.74, 6) is 0.165.